The first-order valence-corrected chi connectivity index (χ1v) is 4.34. The third-order valence-electron chi connectivity index (χ3n) is 1.50. The van der Waals surface area contributed by atoms with Crippen molar-refractivity contribution < 1.29 is 4.92 Å². The van der Waals surface area contributed by atoms with Gasteiger partial charge in [-0.15, -0.1) is 0 Å². The van der Waals surface area contributed by atoms with Crippen LogP contribution in [0, 0.1) is 10.1 Å². The summed E-state index contributed by atoms with van der Waals surface area (Å²) in [6, 6.07) is 7.53. The number of rotatable bonds is 3. The highest BCUT2D eigenvalue weighted by Gasteiger charge is 1.98. The second-order valence-corrected chi connectivity index (χ2v) is 3.35. The molecule has 0 aliphatic carbocycles. The summed E-state index contributed by atoms with van der Waals surface area (Å²) in [5, 5.41) is 10.0. The van der Waals surface area contributed by atoms with Crippen molar-refractivity contribution in [3.63, 3.8) is 0 Å². The Balaban J connectivity index is 2.53. The third kappa shape index (κ3) is 3.00. The molecule has 0 aromatic heterocycles. The van der Waals surface area contributed by atoms with Crippen molar-refractivity contribution in [1.29, 1.82) is 0 Å². The van der Waals surface area contributed by atoms with Crippen LogP contribution in [0.4, 0.5) is 0 Å². The summed E-state index contributed by atoms with van der Waals surface area (Å²) in [6.07, 6.45) is 0.500. The quantitative estimate of drug-likeness (QED) is 0.590. The van der Waals surface area contributed by atoms with Crippen LogP contribution in [0.3, 0.4) is 0 Å². The molecule has 1 aromatic rings. The summed E-state index contributed by atoms with van der Waals surface area (Å²) in [5.74, 6) is 0. The zero-order chi connectivity index (χ0) is 8.97. The topological polar surface area (TPSA) is 43.1 Å². The van der Waals surface area contributed by atoms with Gasteiger partial charge in [0, 0.05) is 15.8 Å². The Morgan fingerprint density at radius 2 is 1.92 bits per heavy atom. The van der Waals surface area contributed by atoms with Gasteiger partial charge in [-0.1, -0.05) is 28.1 Å². The molecule has 0 aliphatic heterocycles. The number of nitrogens with zero attached hydrogens (tertiary/aromatic N) is 1. The second kappa shape index (κ2) is 4.21. The van der Waals surface area contributed by atoms with Crippen LogP contribution < -0.4 is 0 Å². The van der Waals surface area contributed by atoms with Gasteiger partial charge in [0.2, 0.25) is 6.54 Å². The molecule has 0 atom stereocenters. The van der Waals surface area contributed by atoms with Crippen LogP contribution in [-0.4, -0.2) is 11.5 Å². The van der Waals surface area contributed by atoms with Crippen molar-refractivity contribution in [2.24, 2.45) is 0 Å². The first kappa shape index (κ1) is 9.19. The van der Waals surface area contributed by atoms with Crippen molar-refractivity contribution >= 4 is 15.9 Å². The van der Waals surface area contributed by atoms with Gasteiger partial charge in [-0.25, -0.2) is 0 Å². The Labute approximate surface area is 78.7 Å². The molecule has 0 fully saturated rings. The summed E-state index contributed by atoms with van der Waals surface area (Å²) in [4.78, 5) is 9.73. The van der Waals surface area contributed by atoms with Crippen LogP contribution in [0.5, 0.6) is 0 Å². The summed E-state index contributed by atoms with van der Waals surface area (Å²) in [6.45, 7) is 0.00162. The lowest BCUT2D eigenvalue weighted by Crippen LogP contribution is -2.03. The van der Waals surface area contributed by atoms with E-state index in [1.54, 1.807) is 0 Å². The molecular formula is C8H8BrNO2. The minimum absolute atomic E-state index is 0.00162. The molecule has 0 N–H and O–H groups in total. The Morgan fingerprint density at radius 3 is 2.42 bits per heavy atom. The predicted octanol–water partition coefficient (Wildman–Crippen LogP) is 2.27. The fourth-order valence-electron chi connectivity index (χ4n) is 0.871. The average Bonchev–Trinajstić information content (AvgIpc) is 2.03. The van der Waals surface area contributed by atoms with E-state index >= 15 is 0 Å². The maximum atomic E-state index is 10.0. The van der Waals surface area contributed by atoms with Crippen molar-refractivity contribution in [2.45, 2.75) is 6.42 Å². The first-order chi connectivity index (χ1) is 5.68. The van der Waals surface area contributed by atoms with Gasteiger partial charge in [0.1, 0.15) is 0 Å². The molecule has 12 heavy (non-hydrogen) atoms. The van der Waals surface area contributed by atoms with E-state index in [9.17, 15) is 10.1 Å². The molecule has 0 radical (unpaired) electrons. The Bertz CT molecular complexity index is 271. The maximum absolute atomic E-state index is 10.0. The van der Waals surface area contributed by atoms with Crippen molar-refractivity contribution in [3.8, 4) is 0 Å². The summed E-state index contributed by atoms with van der Waals surface area (Å²) < 4.78 is 0.993. The molecule has 3 nitrogen and oxygen atoms in total. The Morgan fingerprint density at radius 1 is 1.33 bits per heavy atom. The molecule has 0 saturated heterocycles. The number of benzene rings is 1. The summed E-state index contributed by atoms with van der Waals surface area (Å²) >= 11 is 3.29. The highest BCUT2D eigenvalue weighted by Crippen LogP contribution is 2.10. The van der Waals surface area contributed by atoms with Crippen LogP contribution in [-0.2, 0) is 6.42 Å². The molecule has 1 aromatic carbocycles. The Hall–Kier alpha value is -0.900. The second-order valence-electron chi connectivity index (χ2n) is 2.43. The average molecular weight is 230 g/mol. The molecule has 0 saturated carbocycles. The lowest BCUT2D eigenvalue weighted by atomic mass is 10.2. The van der Waals surface area contributed by atoms with Crippen LogP contribution in [0.25, 0.3) is 0 Å². The molecule has 0 amide bonds. The van der Waals surface area contributed by atoms with E-state index in [1.807, 2.05) is 24.3 Å². The lowest BCUT2D eigenvalue weighted by molar-refractivity contribution is -0.479. The minimum Gasteiger partial charge on any atom is -0.265 e. The number of hydrogen-bond acceptors (Lipinski definition) is 2. The van der Waals surface area contributed by atoms with E-state index in [2.05, 4.69) is 15.9 Å². The minimum atomic E-state index is -0.304. The van der Waals surface area contributed by atoms with E-state index in [0.717, 1.165) is 10.0 Å². The summed E-state index contributed by atoms with van der Waals surface area (Å²) in [7, 11) is 0. The fraction of sp³-hybridized carbons (Fsp3) is 0.250. The predicted molar refractivity (Wildman–Crippen MR) is 49.7 cm³/mol. The van der Waals surface area contributed by atoms with Crippen LogP contribution in [0.1, 0.15) is 5.56 Å². The molecule has 0 aliphatic rings. The molecule has 0 unspecified atom stereocenters. The van der Waals surface area contributed by atoms with Crippen LogP contribution in [0.2, 0.25) is 0 Å². The monoisotopic (exact) mass is 229 g/mol. The Kier molecular flexibility index (Phi) is 3.22. The zero-order valence-electron chi connectivity index (χ0n) is 6.37. The third-order valence-corrected chi connectivity index (χ3v) is 2.02. The molecule has 4 heteroatoms. The highest BCUT2D eigenvalue weighted by molar-refractivity contribution is 9.10. The van der Waals surface area contributed by atoms with E-state index < -0.39 is 0 Å². The molecular weight excluding hydrogens is 222 g/mol. The summed E-state index contributed by atoms with van der Waals surface area (Å²) in [5.41, 5.74) is 0.995. The van der Waals surface area contributed by atoms with E-state index in [1.165, 1.54) is 0 Å². The molecule has 0 spiro atoms. The van der Waals surface area contributed by atoms with E-state index in [-0.39, 0.29) is 11.5 Å². The van der Waals surface area contributed by atoms with Gasteiger partial charge in [-0.3, -0.25) is 10.1 Å². The van der Waals surface area contributed by atoms with Crippen molar-refractivity contribution in [2.75, 3.05) is 6.54 Å². The molecule has 64 valence electrons. The first-order valence-electron chi connectivity index (χ1n) is 3.55. The largest absolute Gasteiger partial charge is 0.265 e. The highest BCUT2D eigenvalue weighted by atomic mass is 79.9. The van der Waals surface area contributed by atoms with Gasteiger partial charge >= 0.3 is 0 Å². The fourth-order valence-corrected chi connectivity index (χ4v) is 1.14. The molecule has 1 rings (SSSR count). The number of nitro groups is 1. The smallest absolute Gasteiger partial charge is 0.207 e. The van der Waals surface area contributed by atoms with Gasteiger partial charge < -0.3 is 0 Å². The van der Waals surface area contributed by atoms with E-state index in [4.69, 9.17) is 0 Å². The van der Waals surface area contributed by atoms with Gasteiger partial charge in [0.15, 0.2) is 0 Å². The van der Waals surface area contributed by atoms with Crippen LogP contribution >= 0.6 is 15.9 Å². The lowest BCUT2D eigenvalue weighted by Gasteiger charge is -1.96. The molecule has 0 bridgehead atoms. The van der Waals surface area contributed by atoms with Gasteiger partial charge in [-0.05, 0) is 17.7 Å². The van der Waals surface area contributed by atoms with E-state index in [0.29, 0.717) is 6.42 Å². The number of halogens is 1. The SMILES string of the molecule is O=[N+]([O-])CCc1ccc(Br)cc1. The van der Waals surface area contributed by atoms with Gasteiger partial charge in [0.05, 0.1) is 0 Å². The van der Waals surface area contributed by atoms with Gasteiger partial charge in [-0.2, -0.15) is 0 Å². The number of hydrogen-bond donors (Lipinski definition) is 0. The zero-order valence-corrected chi connectivity index (χ0v) is 7.95. The maximum Gasteiger partial charge on any atom is 0.207 e. The normalized spacial score (nSPS) is 9.75. The molecule has 0 heterocycles. The standard InChI is InChI=1S/C8H8BrNO2/c9-8-3-1-7(2-4-8)5-6-10(11)12/h1-4H,5-6H2. The van der Waals surface area contributed by atoms with Crippen LogP contribution in [0.15, 0.2) is 28.7 Å². The van der Waals surface area contributed by atoms with Crippen molar-refractivity contribution in [1.82, 2.24) is 0 Å². The van der Waals surface area contributed by atoms with Gasteiger partial charge in [0.25, 0.3) is 0 Å². The van der Waals surface area contributed by atoms with Crippen molar-refractivity contribution in [3.05, 3.63) is 44.4 Å².